The monoisotopic (exact) mass is 464 g/mol. The van der Waals surface area contributed by atoms with E-state index in [4.69, 9.17) is 21.1 Å². The van der Waals surface area contributed by atoms with Crippen LogP contribution in [0, 0.1) is 0 Å². The molecule has 1 aromatic heterocycles. The van der Waals surface area contributed by atoms with Gasteiger partial charge >= 0.3 is 5.97 Å². The number of phenolic OH excluding ortho intramolecular Hbond substituents is 1. The summed E-state index contributed by atoms with van der Waals surface area (Å²) in [7, 11) is 2.94. The lowest BCUT2D eigenvalue weighted by atomic mass is 9.87. The third-order valence-corrected chi connectivity index (χ3v) is 6.40. The van der Waals surface area contributed by atoms with Crippen LogP contribution >= 0.6 is 11.6 Å². The van der Waals surface area contributed by atoms with E-state index in [-0.39, 0.29) is 16.9 Å². The Bertz CT molecular complexity index is 1370. The van der Waals surface area contributed by atoms with Gasteiger partial charge in [-0.3, -0.25) is 4.79 Å². The first-order valence-electron chi connectivity index (χ1n) is 10.4. The molecule has 0 spiro atoms. The number of esters is 1. The average Bonchev–Trinajstić information content (AvgIpc) is 3.21. The van der Waals surface area contributed by atoms with Crippen molar-refractivity contribution >= 4 is 34.3 Å². The number of carbonyl (C=O) groups is 2. The molecule has 3 aromatic rings. The Labute approximate surface area is 194 Å². The molecular formula is C25H21ClN2O5. The highest BCUT2D eigenvalue weighted by Gasteiger charge is 2.38. The highest BCUT2D eigenvalue weighted by molar-refractivity contribution is 6.31. The summed E-state index contributed by atoms with van der Waals surface area (Å²) in [5, 5.41) is 11.6. The van der Waals surface area contributed by atoms with Gasteiger partial charge in [0.1, 0.15) is 17.5 Å². The van der Waals surface area contributed by atoms with Crippen LogP contribution in [0.15, 0.2) is 59.8 Å². The van der Waals surface area contributed by atoms with Gasteiger partial charge in [-0.15, -0.1) is 0 Å². The molecule has 168 valence electrons. The van der Waals surface area contributed by atoms with Crippen LogP contribution in [0.3, 0.4) is 0 Å². The number of benzene rings is 2. The van der Waals surface area contributed by atoms with Crippen LogP contribution in [-0.4, -0.2) is 47.5 Å². The van der Waals surface area contributed by atoms with Gasteiger partial charge in [0.15, 0.2) is 5.78 Å². The van der Waals surface area contributed by atoms with Crippen LogP contribution in [0.4, 0.5) is 0 Å². The predicted molar refractivity (Wildman–Crippen MR) is 124 cm³/mol. The lowest BCUT2D eigenvalue weighted by Gasteiger charge is -2.38. The first kappa shape index (κ1) is 21.2. The van der Waals surface area contributed by atoms with Crippen LogP contribution in [0.5, 0.6) is 11.5 Å². The van der Waals surface area contributed by atoms with Gasteiger partial charge in [0.25, 0.3) is 0 Å². The number of aromatic amines is 1. The summed E-state index contributed by atoms with van der Waals surface area (Å²) in [6.45, 7) is 0.592. The summed E-state index contributed by atoms with van der Waals surface area (Å²) in [4.78, 5) is 31.4. The van der Waals surface area contributed by atoms with Crippen molar-refractivity contribution in [3.05, 3.63) is 81.7 Å². The molecule has 0 fully saturated rings. The van der Waals surface area contributed by atoms with E-state index in [1.165, 1.54) is 31.4 Å². The summed E-state index contributed by atoms with van der Waals surface area (Å²) >= 11 is 6.03. The number of phenols is 1. The minimum absolute atomic E-state index is 0.0723. The fraction of sp³-hybridized carbons (Fsp3) is 0.200. The van der Waals surface area contributed by atoms with Crippen molar-refractivity contribution in [3.8, 4) is 11.5 Å². The lowest BCUT2D eigenvalue weighted by molar-refractivity contribution is -0.137. The summed E-state index contributed by atoms with van der Waals surface area (Å²) < 4.78 is 10.4. The van der Waals surface area contributed by atoms with Gasteiger partial charge in [-0.05, 0) is 54.5 Å². The van der Waals surface area contributed by atoms with Crippen molar-refractivity contribution in [1.82, 2.24) is 9.88 Å². The Morgan fingerprint density at radius 2 is 2.00 bits per heavy atom. The number of ketones is 1. The highest BCUT2D eigenvalue weighted by atomic mass is 35.5. The third-order valence-electron chi connectivity index (χ3n) is 6.17. The molecule has 3 heterocycles. The third kappa shape index (κ3) is 3.45. The molecule has 8 heteroatoms. The molecule has 2 N–H and O–H groups in total. The Balaban J connectivity index is 1.62. The Kier molecular flexibility index (Phi) is 5.13. The van der Waals surface area contributed by atoms with Crippen molar-refractivity contribution in [2.24, 2.45) is 0 Å². The molecule has 0 aliphatic carbocycles. The number of nitrogens with zero attached hydrogens (tertiary/aromatic N) is 1. The van der Waals surface area contributed by atoms with Gasteiger partial charge in [0.2, 0.25) is 0 Å². The molecule has 0 bridgehead atoms. The van der Waals surface area contributed by atoms with Crippen molar-refractivity contribution in [1.29, 1.82) is 0 Å². The van der Waals surface area contributed by atoms with E-state index in [0.717, 1.165) is 27.9 Å². The largest absolute Gasteiger partial charge is 0.507 e. The normalized spacial score (nSPS) is 17.1. The number of hydrogen-bond acceptors (Lipinski definition) is 6. The second-order valence-electron chi connectivity index (χ2n) is 7.99. The number of fused-ring (bicyclic) bond motifs is 5. The summed E-state index contributed by atoms with van der Waals surface area (Å²) in [5.74, 6) is -0.371. The maximum absolute atomic E-state index is 13.2. The first-order chi connectivity index (χ1) is 15.9. The fourth-order valence-electron chi connectivity index (χ4n) is 4.61. The highest BCUT2D eigenvalue weighted by Crippen LogP contribution is 2.42. The molecule has 7 nitrogen and oxygen atoms in total. The number of H-pyrrole nitrogens is 1. The number of hydrogen-bond donors (Lipinski definition) is 2. The Morgan fingerprint density at radius 1 is 1.18 bits per heavy atom. The Morgan fingerprint density at radius 3 is 2.76 bits per heavy atom. The zero-order chi connectivity index (χ0) is 23.3. The quantitative estimate of drug-likeness (QED) is 0.441. The van der Waals surface area contributed by atoms with E-state index >= 15 is 0 Å². The van der Waals surface area contributed by atoms with Crippen LogP contribution in [-0.2, 0) is 16.0 Å². The van der Waals surface area contributed by atoms with E-state index in [2.05, 4.69) is 4.98 Å². The van der Waals surface area contributed by atoms with Gasteiger partial charge in [0.05, 0.1) is 25.4 Å². The van der Waals surface area contributed by atoms with Gasteiger partial charge < -0.3 is 24.5 Å². The molecule has 2 aromatic carbocycles. The van der Waals surface area contributed by atoms with Crippen molar-refractivity contribution in [2.75, 3.05) is 20.8 Å². The number of ether oxygens (including phenoxy) is 2. The topological polar surface area (TPSA) is 91.9 Å². The van der Waals surface area contributed by atoms with Gasteiger partial charge in [-0.1, -0.05) is 11.6 Å². The number of Topliss-reactive ketones (excluding diaryl/α,β-unsaturated/α-hetero) is 1. The summed E-state index contributed by atoms with van der Waals surface area (Å²) in [5.41, 5.74) is 3.62. The van der Waals surface area contributed by atoms with Crippen molar-refractivity contribution < 1.29 is 24.2 Å². The smallest absolute Gasteiger partial charge is 0.336 e. The maximum Gasteiger partial charge on any atom is 0.336 e. The number of aromatic nitrogens is 1. The molecule has 1 atom stereocenters. The number of halogens is 1. The zero-order valence-corrected chi connectivity index (χ0v) is 18.8. The first-order valence-corrected chi connectivity index (χ1v) is 10.8. The average molecular weight is 465 g/mol. The molecule has 0 saturated heterocycles. The van der Waals surface area contributed by atoms with E-state index in [1.807, 2.05) is 23.1 Å². The standard InChI is InChI=1S/C25H21ClN2O5/c1-32-15-4-5-20-17(11-15)16-7-8-28-12-13(24(30)18-10-14(26)3-6-21(18)29)9-19(25(31)33-2)23(28)22(16)27-20/h3-6,9-12,23,27,29H,7-8H2,1-2H3. The van der Waals surface area contributed by atoms with Crippen LogP contribution < -0.4 is 4.74 Å². The Hall–Kier alpha value is -3.71. The molecule has 0 amide bonds. The molecular weight excluding hydrogens is 444 g/mol. The number of allylic oxidation sites excluding steroid dienone is 2. The molecule has 33 heavy (non-hydrogen) atoms. The van der Waals surface area contributed by atoms with E-state index in [9.17, 15) is 14.7 Å². The minimum atomic E-state index is -0.525. The zero-order valence-electron chi connectivity index (χ0n) is 18.0. The van der Waals surface area contributed by atoms with E-state index in [0.29, 0.717) is 23.6 Å². The molecule has 5 rings (SSSR count). The van der Waals surface area contributed by atoms with Crippen LogP contribution in [0.1, 0.15) is 27.7 Å². The van der Waals surface area contributed by atoms with Crippen LogP contribution in [0.25, 0.3) is 10.9 Å². The van der Waals surface area contributed by atoms with E-state index < -0.39 is 17.8 Å². The second-order valence-corrected chi connectivity index (χ2v) is 8.42. The fourth-order valence-corrected chi connectivity index (χ4v) is 4.78. The molecule has 1 unspecified atom stereocenters. The van der Waals surface area contributed by atoms with Crippen molar-refractivity contribution in [3.63, 3.8) is 0 Å². The SMILES string of the molecule is COC(=O)C1=CC(C(=O)c2cc(Cl)ccc2O)=CN2CCc3c([nH]c4ccc(OC)cc34)C12. The molecule has 2 aliphatic rings. The van der Waals surface area contributed by atoms with Gasteiger partial charge in [0, 0.05) is 39.9 Å². The number of rotatable bonds is 4. The molecule has 0 radical (unpaired) electrons. The maximum atomic E-state index is 13.2. The summed E-state index contributed by atoms with van der Waals surface area (Å²) in [6.07, 6.45) is 3.99. The number of nitrogens with one attached hydrogen (secondary N) is 1. The van der Waals surface area contributed by atoms with E-state index in [1.54, 1.807) is 13.3 Å². The second kappa shape index (κ2) is 8.01. The number of carbonyl (C=O) groups excluding carboxylic acids is 2. The number of aromatic hydroxyl groups is 1. The molecule has 0 saturated carbocycles. The summed E-state index contributed by atoms with van der Waals surface area (Å²) in [6, 6.07) is 9.69. The van der Waals surface area contributed by atoms with Crippen molar-refractivity contribution in [2.45, 2.75) is 12.5 Å². The molecule has 2 aliphatic heterocycles. The van der Waals surface area contributed by atoms with Crippen LogP contribution in [0.2, 0.25) is 5.02 Å². The lowest BCUT2D eigenvalue weighted by Crippen LogP contribution is -2.37. The minimum Gasteiger partial charge on any atom is -0.507 e. The van der Waals surface area contributed by atoms with Gasteiger partial charge in [-0.2, -0.15) is 0 Å². The predicted octanol–water partition coefficient (Wildman–Crippen LogP) is 4.31. The van der Waals surface area contributed by atoms with Gasteiger partial charge in [-0.25, -0.2) is 4.79 Å². The number of methoxy groups -OCH3 is 2.